The maximum atomic E-state index is 13.5. The fraction of sp³-hybridized carbons (Fsp3) is 0.429. The highest BCUT2D eigenvalue weighted by Crippen LogP contribution is 2.41. The number of hydrogen-bond donors (Lipinski definition) is 0. The second-order valence-electron chi connectivity index (χ2n) is 7.87. The van der Waals surface area contributed by atoms with E-state index in [-0.39, 0.29) is 11.5 Å². The molecular formula is C21H24O3S. The fourth-order valence-electron chi connectivity index (χ4n) is 3.44. The summed E-state index contributed by atoms with van der Waals surface area (Å²) < 4.78 is 32.8. The highest BCUT2D eigenvalue weighted by molar-refractivity contribution is 7.95. The van der Waals surface area contributed by atoms with Gasteiger partial charge in [-0.15, -0.1) is 0 Å². The van der Waals surface area contributed by atoms with E-state index >= 15 is 0 Å². The smallest absolute Gasteiger partial charge is 0.207 e. The number of hydrogen-bond acceptors (Lipinski definition) is 3. The number of aryl methyl sites for hydroxylation is 3. The third-order valence-electron chi connectivity index (χ3n) is 4.30. The van der Waals surface area contributed by atoms with Gasteiger partial charge in [0.25, 0.3) is 0 Å². The van der Waals surface area contributed by atoms with Gasteiger partial charge in [-0.3, -0.25) is 0 Å². The highest BCUT2D eigenvalue weighted by atomic mass is 32.2. The summed E-state index contributed by atoms with van der Waals surface area (Å²) in [6.07, 6.45) is 2.83. The molecule has 2 heterocycles. The minimum absolute atomic E-state index is 0.205. The lowest BCUT2D eigenvalue weighted by atomic mass is 9.96. The molecular weight excluding hydrogens is 332 g/mol. The van der Waals surface area contributed by atoms with E-state index in [0.29, 0.717) is 15.4 Å². The lowest BCUT2D eigenvalue weighted by molar-refractivity contribution is 0.132. The van der Waals surface area contributed by atoms with Crippen molar-refractivity contribution in [2.75, 3.05) is 0 Å². The SMILES string of the molecule is Cc1cc(C)c(S(=O)(=O)C2=C(C#CC(C)(C)C)[C@H]3C=C[C@@H]2O3)c(C)c1. The van der Waals surface area contributed by atoms with Crippen molar-refractivity contribution < 1.29 is 13.2 Å². The number of benzene rings is 1. The molecule has 2 aliphatic heterocycles. The first-order valence-corrected chi connectivity index (χ1v) is 9.93. The summed E-state index contributed by atoms with van der Waals surface area (Å²) in [6.45, 7) is 11.7. The molecule has 2 bridgehead atoms. The Hall–Kier alpha value is -1.83. The minimum atomic E-state index is -3.66. The Morgan fingerprint density at radius 3 is 2.12 bits per heavy atom. The van der Waals surface area contributed by atoms with Gasteiger partial charge in [-0.25, -0.2) is 8.42 Å². The molecule has 0 saturated heterocycles. The molecule has 0 spiro atoms. The van der Waals surface area contributed by atoms with Gasteiger partial charge in [0, 0.05) is 5.41 Å². The molecule has 2 atom stereocenters. The van der Waals surface area contributed by atoms with Crippen LogP contribution in [0.15, 0.2) is 39.7 Å². The van der Waals surface area contributed by atoms with Crippen LogP contribution in [-0.4, -0.2) is 20.6 Å². The fourth-order valence-corrected chi connectivity index (χ4v) is 5.53. The molecule has 0 aliphatic carbocycles. The van der Waals surface area contributed by atoms with E-state index in [1.165, 1.54) is 0 Å². The summed E-state index contributed by atoms with van der Waals surface area (Å²) in [5.74, 6) is 6.26. The van der Waals surface area contributed by atoms with Gasteiger partial charge in [0.2, 0.25) is 9.84 Å². The van der Waals surface area contributed by atoms with Gasteiger partial charge < -0.3 is 4.74 Å². The van der Waals surface area contributed by atoms with Crippen LogP contribution in [-0.2, 0) is 14.6 Å². The maximum absolute atomic E-state index is 13.5. The van der Waals surface area contributed by atoms with Crippen molar-refractivity contribution in [1.29, 1.82) is 0 Å². The summed E-state index contributed by atoms with van der Waals surface area (Å²) in [7, 11) is -3.66. The molecule has 0 radical (unpaired) electrons. The molecule has 25 heavy (non-hydrogen) atoms. The van der Waals surface area contributed by atoms with Gasteiger partial charge in [-0.05, 0) is 52.7 Å². The summed E-state index contributed by atoms with van der Waals surface area (Å²) in [5, 5.41) is 0. The van der Waals surface area contributed by atoms with Crippen molar-refractivity contribution >= 4 is 9.84 Å². The first-order chi connectivity index (χ1) is 11.5. The predicted molar refractivity (Wildman–Crippen MR) is 99.9 cm³/mol. The summed E-state index contributed by atoms with van der Waals surface area (Å²) in [5.41, 5.74) is 2.96. The molecule has 132 valence electrons. The molecule has 0 fully saturated rings. The third-order valence-corrected chi connectivity index (χ3v) is 6.51. The van der Waals surface area contributed by atoms with Crippen LogP contribution in [0.2, 0.25) is 0 Å². The molecule has 0 unspecified atom stereocenters. The number of ether oxygens (including phenoxy) is 1. The third kappa shape index (κ3) is 3.19. The quantitative estimate of drug-likeness (QED) is 0.594. The van der Waals surface area contributed by atoms with Crippen LogP contribution in [0.3, 0.4) is 0 Å². The van der Waals surface area contributed by atoms with Crippen LogP contribution in [0.1, 0.15) is 37.5 Å². The lowest BCUT2D eigenvalue weighted by Gasteiger charge is -2.16. The van der Waals surface area contributed by atoms with Gasteiger partial charge in [-0.2, -0.15) is 0 Å². The van der Waals surface area contributed by atoms with Crippen molar-refractivity contribution in [3.63, 3.8) is 0 Å². The van der Waals surface area contributed by atoms with E-state index in [2.05, 4.69) is 11.8 Å². The Morgan fingerprint density at radius 1 is 1.00 bits per heavy atom. The Balaban J connectivity index is 2.21. The van der Waals surface area contributed by atoms with Gasteiger partial charge in [0.15, 0.2) is 0 Å². The van der Waals surface area contributed by atoms with E-state index in [0.717, 1.165) is 16.7 Å². The zero-order chi connectivity index (χ0) is 18.6. The first-order valence-electron chi connectivity index (χ1n) is 8.45. The van der Waals surface area contributed by atoms with Crippen molar-refractivity contribution in [1.82, 2.24) is 0 Å². The zero-order valence-electron chi connectivity index (χ0n) is 15.6. The molecule has 0 saturated carbocycles. The van der Waals surface area contributed by atoms with Crippen molar-refractivity contribution in [3.8, 4) is 11.8 Å². The Kier molecular flexibility index (Phi) is 4.21. The second-order valence-corrected chi connectivity index (χ2v) is 9.73. The van der Waals surface area contributed by atoms with Crippen LogP contribution in [0.4, 0.5) is 0 Å². The molecule has 2 aliphatic rings. The minimum Gasteiger partial charge on any atom is -0.356 e. The molecule has 4 heteroatoms. The topological polar surface area (TPSA) is 43.4 Å². The van der Waals surface area contributed by atoms with E-state index in [9.17, 15) is 8.42 Å². The molecule has 3 nitrogen and oxygen atoms in total. The Morgan fingerprint density at radius 2 is 1.56 bits per heavy atom. The monoisotopic (exact) mass is 356 g/mol. The Bertz CT molecular complexity index is 938. The molecule has 1 aromatic carbocycles. The predicted octanol–water partition coefficient (Wildman–Crippen LogP) is 4.03. The largest absolute Gasteiger partial charge is 0.356 e. The van der Waals surface area contributed by atoms with Gasteiger partial charge >= 0.3 is 0 Å². The standard InChI is InChI=1S/C21H24O3S/c1-13-11-14(2)19(15(3)12-13)25(22,23)20-16(9-10-21(4,5)6)17-7-8-18(20)24-17/h7-8,11-12,17-18H,1-6H3/t17-,18+/m1/s1. The molecule has 3 rings (SSSR count). The summed E-state index contributed by atoms with van der Waals surface area (Å²) >= 11 is 0. The van der Waals surface area contributed by atoms with E-state index in [1.54, 1.807) is 0 Å². The highest BCUT2D eigenvalue weighted by Gasteiger charge is 2.43. The van der Waals surface area contributed by atoms with Crippen LogP contribution >= 0.6 is 0 Å². The summed E-state index contributed by atoms with van der Waals surface area (Å²) in [6, 6.07) is 3.82. The second kappa shape index (κ2) is 5.86. The van der Waals surface area contributed by atoms with Gasteiger partial charge in [-0.1, -0.05) is 41.7 Å². The van der Waals surface area contributed by atoms with Crippen molar-refractivity contribution in [2.24, 2.45) is 5.41 Å². The lowest BCUT2D eigenvalue weighted by Crippen LogP contribution is -2.17. The van der Waals surface area contributed by atoms with E-state index in [4.69, 9.17) is 4.74 Å². The van der Waals surface area contributed by atoms with Crippen molar-refractivity contribution in [3.05, 3.63) is 51.5 Å². The van der Waals surface area contributed by atoms with Gasteiger partial charge in [0.05, 0.1) is 15.4 Å². The molecule has 0 N–H and O–H groups in total. The van der Waals surface area contributed by atoms with E-state index in [1.807, 2.05) is 65.8 Å². The van der Waals surface area contributed by atoms with E-state index < -0.39 is 15.9 Å². The summed E-state index contributed by atoms with van der Waals surface area (Å²) in [4.78, 5) is 0.694. The van der Waals surface area contributed by atoms with Crippen LogP contribution < -0.4 is 0 Å². The molecule has 1 aromatic rings. The number of sulfone groups is 1. The molecule has 0 aromatic heterocycles. The maximum Gasteiger partial charge on any atom is 0.207 e. The van der Waals surface area contributed by atoms with Crippen molar-refractivity contribution in [2.45, 2.75) is 58.6 Å². The number of fused-ring (bicyclic) bond motifs is 2. The normalized spacial score (nSPS) is 22.3. The molecule has 0 amide bonds. The zero-order valence-corrected chi connectivity index (χ0v) is 16.4. The van der Waals surface area contributed by atoms with Crippen LogP contribution in [0, 0.1) is 38.0 Å². The Labute approximate surface area is 150 Å². The average Bonchev–Trinajstić information content (AvgIpc) is 3.03. The first kappa shape index (κ1) is 18.0. The number of rotatable bonds is 2. The van der Waals surface area contributed by atoms with Crippen LogP contribution in [0.5, 0.6) is 0 Å². The van der Waals surface area contributed by atoms with Crippen LogP contribution in [0.25, 0.3) is 0 Å². The van der Waals surface area contributed by atoms with Gasteiger partial charge in [0.1, 0.15) is 12.2 Å². The average molecular weight is 356 g/mol.